The van der Waals surface area contributed by atoms with Crippen LogP contribution < -0.4 is 5.32 Å². The number of amides is 1. The molecule has 0 aliphatic heterocycles. The predicted octanol–water partition coefficient (Wildman–Crippen LogP) is 4.47. The van der Waals surface area contributed by atoms with Crippen molar-refractivity contribution in [1.82, 2.24) is 25.1 Å². The predicted molar refractivity (Wildman–Crippen MR) is 129 cm³/mol. The van der Waals surface area contributed by atoms with Gasteiger partial charge in [-0.05, 0) is 56.2 Å². The van der Waals surface area contributed by atoms with Crippen molar-refractivity contribution in [2.45, 2.75) is 51.3 Å². The molecule has 2 heterocycles. The molecule has 0 aliphatic rings. The van der Waals surface area contributed by atoms with Crippen molar-refractivity contribution in [3.8, 4) is 11.4 Å². The fourth-order valence-electron chi connectivity index (χ4n) is 4.00. The summed E-state index contributed by atoms with van der Waals surface area (Å²) >= 11 is 0. The van der Waals surface area contributed by atoms with Crippen LogP contribution in [0.1, 0.15) is 44.9 Å². The highest BCUT2D eigenvalue weighted by Crippen LogP contribution is 2.30. The lowest BCUT2D eigenvalue weighted by Crippen LogP contribution is -2.46. The second-order valence-corrected chi connectivity index (χ2v) is 9.21. The molecule has 2 N–H and O–H groups in total. The Hall–Kier alpha value is -3.72. The van der Waals surface area contributed by atoms with Crippen LogP contribution in [0.5, 0.6) is 0 Å². The maximum Gasteiger partial charge on any atom is 0.321 e. The van der Waals surface area contributed by atoms with E-state index in [9.17, 15) is 18.7 Å². The Kier molecular flexibility index (Phi) is 6.38. The number of halogens is 2. The van der Waals surface area contributed by atoms with Crippen molar-refractivity contribution in [1.29, 1.82) is 0 Å². The van der Waals surface area contributed by atoms with E-state index in [1.165, 1.54) is 0 Å². The maximum absolute atomic E-state index is 13.7. The van der Waals surface area contributed by atoms with E-state index in [1.807, 2.05) is 30.3 Å². The molecule has 7 nitrogen and oxygen atoms in total. The smallest absolute Gasteiger partial charge is 0.321 e. The molecule has 1 unspecified atom stereocenters. The first-order chi connectivity index (χ1) is 16.4. The molecule has 2 aromatic heterocycles. The van der Waals surface area contributed by atoms with Crippen LogP contribution in [0.15, 0.2) is 67.1 Å². The van der Waals surface area contributed by atoms with E-state index in [0.29, 0.717) is 18.3 Å². The van der Waals surface area contributed by atoms with Gasteiger partial charge in [-0.3, -0.25) is 9.48 Å². The summed E-state index contributed by atoms with van der Waals surface area (Å²) in [5, 5.41) is 18.1. The third kappa shape index (κ3) is 5.19. The van der Waals surface area contributed by atoms with Crippen LogP contribution in [0.4, 0.5) is 8.78 Å². The quantitative estimate of drug-likeness (QED) is 0.408. The number of hydrogen-bond acceptors (Lipinski definition) is 5. The van der Waals surface area contributed by atoms with E-state index in [-0.39, 0.29) is 0 Å². The lowest BCUT2D eigenvalue weighted by Gasteiger charge is -2.28. The van der Waals surface area contributed by atoms with Crippen molar-refractivity contribution >= 4 is 16.8 Å². The molecule has 0 radical (unpaired) electrons. The third-order valence-corrected chi connectivity index (χ3v) is 5.87. The number of nitrogens with one attached hydrogen (secondary N) is 1. The lowest BCUT2D eigenvalue weighted by atomic mass is 9.93. The fraction of sp³-hybridized carbons (Fsp3) is 0.308. The van der Waals surface area contributed by atoms with Gasteiger partial charge in [-0.25, -0.2) is 9.97 Å². The highest BCUT2D eigenvalue weighted by molar-refractivity contribution is 5.84. The van der Waals surface area contributed by atoms with Crippen molar-refractivity contribution in [2.75, 3.05) is 0 Å². The van der Waals surface area contributed by atoms with Crippen molar-refractivity contribution < 1.29 is 18.7 Å². The number of fused-ring (bicyclic) bond motifs is 1. The molecule has 0 aliphatic carbocycles. The van der Waals surface area contributed by atoms with Gasteiger partial charge in [0.25, 0.3) is 5.91 Å². The zero-order chi connectivity index (χ0) is 25.4. The molecule has 4 aromatic rings. The first-order valence-corrected chi connectivity index (χ1v) is 11.2. The first kappa shape index (κ1) is 24.4. The van der Waals surface area contributed by atoms with Gasteiger partial charge in [0.05, 0.1) is 29.4 Å². The average Bonchev–Trinajstić information content (AvgIpc) is 3.22. The number of alkyl halides is 2. The SMILES string of the molecule is C[C@@H](NC(=O)C(C)(F)F)C(c1ccc(C(C)(C)O)cc1)n1ncc2cc(-c3ncccn3)ccc21. The summed E-state index contributed by atoms with van der Waals surface area (Å²) in [5.41, 5.74) is 1.98. The van der Waals surface area contributed by atoms with Crippen LogP contribution in [0.3, 0.4) is 0 Å². The Morgan fingerprint density at radius 1 is 1.06 bits per heavy atom. The number of aromatic nitrogens is 4. The highest BCUT2D eigenvalue weighted by atomic mass is 19.3. The molecule has 9 heteroatoms. The zero-order valence-corrected chi connectivity index (χ0v) is 19.9. The van der Waals surface area contributed by atoms with E-state index in [4.69, 9.17) is 0 Å². The van der Waals surface area contributed by atoms with Crippen LogP contribution in [-0.2, 0) is 10.4 Å². The number of benzene rings is 2. The normalized spacial score (nSPS) is 14.0. The molecular weight excluding hydrogens is 452 g/mol. The van der Waals surface area contributed by atoms with Gasteiger partial charge in [-0.1, -0.05) is 24.3 Å². The molecular formula is C26H27F2N5O2. The largest absolute Gasteiger partial charge is 0.386 e. The molecule has 0 fully saturated rings. The summed E-state index contributed by atoms with van der Waals surface area (Å²) in [7, 11) is 0. The van der Waals surface area contributed by atoms with Crippen LogP contribution in [0.25, 0.3) is 22.3 Å². The average molecular weight is 480 g/mol. The second-order valence-electron chi connectivity index (χ2n) is 9.21. The van der Waals surface area contributed by atoms with Gasteiger partial charge in [0.15, 0.2) is 5.82 Å². The molecule has 0 saturated heterocycles. The van der Waals surface area contributed by atoms with E-state index in [0.717, 1.165) is 22.0 Å². The standard InChI is InChI=1S/C26H27F2N5O2/c1-16(32-24(34)26(4,27)28)22(17-6-9-20(10-7-17)25(2,3)35)33-21-11-8-18(14-19(21)15-31-33)23-29-12-5-13-30-23/h5-16,22,35H,1-4H3,(H,32,34)/t16-,22?/m1/s1. The van der Waals surface area contributed by atoms with Gasteiger partial charge >= 0.3 is 5.92 Å². The Morgan fingerprint density at radius 2 is 1.71 bits per heavy atom. The van der Waals surface area contributed by atoms with Gasteiger partial charge in [-0.2, -0.15) is 13.9 Å². The Balaban J connectivity index is 1.77. The number of hydrogen-bond donors (Lipinski definition) is 2. The molecule has 4 rings (SSSR count). The van der Waals surface area contributed by atoms with E-state index in [2.05, 4.69) is 20.4 Å². The molecule has 2 atom stereocenters. The van der Waals surface area contributed by atoms with Crippen LogP contribution in [-0.4, -0.2) is 42.7 Å². The Morgan fingerprint density at radius 3 is 2.31 bits per heavy atom. The van der Waals surface area contributed by atoms with Gasteiger partial charge in [0.1, 0.15) is 0 Å². The van der Waals surface area contributed by atoms with Crippen LogP contribution in [0, 0.1) is 0 Å². The minimum absolute atomic E-state index is 0.568. The molecule has 0 spiro atoms. The van der Waals surface area contributed by atoms with Crippen LogP contribution in [0.2, 0.25) is 0 Å². The number of nitrogens with zero attached hydrogens (tertiary/aromatic N) is 4. The summed E-state index contributed by atoms with van der Waals surface area (Å²) in [6, 6.07) is 13.3. The summed E-state index contributed by atoms with van der Waals surface area (Å²) in [5.74, 6) is -4.30. The summed E-state index contributed by atoms with van der Waals surface area (Å²) in [4.78, 5) is 20.7. The molecule has 182 valence electrons. The number of carbonyl (C=O) groups is 1. The zero-order valence-electron chi connectivity index (χ0n) is 19.9. The monoisotopic (exact) mass is 479 g/mol. The Bertz CT molecular complexity index is 1330. The van der Waals surface area contributed by atoms with Crippen molar-refractivity contribution in [2.24, 2.45) is 0 Å². The lowest BCUT2D eigenvalue weighted by molar-refractivity contribution is -0.143. The van der Waals surface area contributed by atoms with Crippen molar-refractivity contribution in [3.63, 3.8) is 0 Å². The molecule has 1 amide bonds. The van der Waals surface area contributed by atoms with Crippen LogP contribution >= 0.6 is 0 Å². The van der Waals surface area contributed by atoms with E-state index >= 15 is 0 Å². The van der Waals surface area contributed by atoms with Crippen molar-refractivity contribution in [3.05, 3.63) is 78.2 Å². The maximum atomic E-state index is 13.7. The molecule has 0 bridgehead atoms. The van der Waals surface area contributed by atoms with Gasteiger partial charge in [-0.15, -0.1) is 0 Å². The minimum Gasteiger partial charge on any atom is -0.386 e. The fourth-order valence-corrected chi connectivity index (χ4v) is 4.00. The molecule has 0 saturated carbocycles. The highest BCUT2D eigenvalue weighted by Gasteiger charge is 2.35. The van der Waals surface area contributed by atoms with E-state index < -0.39 is 29.5 Å². The van der Waals surface area contributed by atoms with Gasteiger partial charge in [0.2, 0.25) is 0 Å². The second kappa shape index (κ2) is 9.14. The van der Waals surface area contributed by atoms with Gasteiger partial charge in [0, 0.05) is 30.3 Å². The number of carbonyl (C=O) groups excluding carboxylic acids is 1. The van der Waals surface area contributed by atoms with E-state index in [1.54, 1.807) is 62.2 Å². The Labute approximate surface area is 201 Å². The molecule has 2 aromatic carbocycles. The summed E-state index contributed by atoms with van der Waals surface area (Å²) in [6.45, 7) is 5.60. The minimum atomic E-state index is -3.51. The first-order valence-electron chi connectivity index (χ1n) is 11.2. The number of aliphatic hydroxyl groups is 1. The summed E-state index contributed by atoms with van der Waals surface area (Å²) < 4.78 is 29.0. The number of rotatable bonds is 7. The van der Waals surface area contributed by atoms with Gasteiger partial charge < -0.3 is 10.4 Å². The molecule has 35 heavy (non-hydrogen) atoms. The summed E-state index contributed by atoms with van der Waals surface area (Å²) in [6.07, 6.45) is 5.01. The topological polar surface area (TPSA) is 92.9 Å². The third-order valence-electron chi connectivity index (χ3n) is 5.87.